The van der Waals surface area contributed by atoms with Crippen molar-refractivity contribution in [1.29, 1.82) is 0 Å². The van der Waals surface area contributed by atoms with Crippen molar-refractivity contribution in [3.05, 3.63) is 39.2 Å². The largest absolute Gasteiger partial charge is 0.465 e. The fourth-order valence-corrected chi connectivity index (χ4v) is 1.98. The first-order valence-electron chi connectivity index (χ1n) is 6.05. The number of benzene rings is 1. The average Bonchev–Trinajstić information content (AvgIpc) is 2.46. The summed E-state index contributed by atoms with van der Waals surface area (Å²) < 4.78 is 18.2. The summed E-state index contributed by atoms with van der Waals surface area (Å²) in [6.45, 7) is 1.42. The third-order valence-corrected chi connectivity index (χ3v) is 3.26. The molecule has 22 heavy (non-hydrogen) atoms. The molecule has 0 atom stereocenters. The molecular weight excluding hydrogens is 313 g/mol. The highest BCUT2D eigenvalue weighted by atomic mass is 32.2. The van der Waals surface area contributed by atoms with E-state index in [1.54, 1.807) is 0 Å². The van der Waals surface area contributed by atoms with Gasteiger partial charge >= 0.3 is 5.97 Å². The Morgan fingerprint density at radius 3 is 2.68 bits per heavy atom. The Morgan fingerprint density at radius 1 is 1.45 bits per heavy atom. The van der Waals surface area contributed by atoms with Gasteiger partial charge in [0.2, 0.25) is 0 Å². The van der Waals surface area contributed by atoms with Crippen molar-refractivity contribution in [1.82, 2.24) is 0 Å². The van der Waals surface area contributed by atoms with Gasteiger partial charge in [-0.05, 0) is 6.07 Å². The molecule has 0 radical (unpaired) electrons. The number of esters is 1. The van der Waals surface area contributed by atoms with E-state index in [1.807, 2.05) is 0 Å². The smallest absolute Gasteiger partial charge is 0.344 e. The summed E-state index contributed by atoms with van der Waals surface area (Å²) in [6.07, 6.45) is 0.330. The van der Waals surface area contributed by atoms with Crippen LogP contribution >= 0.6 is 11.8 Å². The van der Waals surface area contributed by atoms with Crippen molar-refractivity contribution < 1.29 is 23.6 Å². The summed E-state index contributed by atoms with van der Waals surface area (Å²) in [5, 5.41) is 10.9. The number of ether oxygens (including phenoxy) is 1. The van der Waals surface area contributed by atoms with E-state index >= 15 is 0 Å². The van der Waals surface area contributed by atoms with Crippen LogP contribution in [0.15, 0.2) is 12.1 Å². The Labute approximate surface area is 130 Å². The number of nitro groups is 1. The number of carbonyl (C=O) groups is 2. The van der Waals surface area contributed by atoms with E-state index in [0.29, 0.717) is 12.2 Å². The maximum Gasteiger partial charge on any atom is 0.344 e. The molecule has 1 aromatic rings. The number of rotatable bonds is 4. The molecule has 0 N–H and O–H groups in total. The Bertz CT molecular complexity index is 678. The minimum absolute atomic E-state index is 0.0500. The quantitative estimate of drug-likeness (QED) is 0.278. The molecule has 0 aliphatic heterocycles. The van der Waals surface area contributed by atoms with E-state index in [1.165, 1.54) is 6.92 Å². The molecular formula is C14H12FNO5S. The Morgan fingerprint density at radius 2 is 2.14 bits per heavy atom. The molecule has 0 fully saturated rings. The molecule has 0 aromatic heterocycles. The van der Waals surface area contributed by atoms with Gasteiger partial charge in [0.05, 0.1) is 17.6 Å². The van der Waals surface area contributed by atoms with Gasteiger partial charge in [-0.3, -0.25) is 14.9 Å². The standard InChI is InChI=1S/C14H12FNO5S/c1-9(17)22-6-4-3-5-10-7-13(16(19)20)11(8-12(10)15)14(18)21-2/h7-8H,4,6H2,1-2H3. The highest BCUT2D eigenvalue weighted by molar-refractivity contribution is 8.13. The van der Waals surface area contributed by atoms with E-state index < -0.39 is 28.0 Å². The van der Waals surface area contributed by atoms with Gasteiger partial charge in [-0.1, -0.05) is 23.6 Å². The van der Waals surface area contributed by atoms with Crippen LogP contribution in [0, 0.1) is 27.8 Å². The molecule has 8 heteroatoms. The fraction of sp³-hybridized carbons (Fsp3) is 0.286. The monoisotopic (exact) mass is 325 g/mol. The maximum absolute atomic E-state index is 13.8. The number of hydrogen-bond donors (Lipinski definition) is 0. The maximum atomic E-state index is 13.8. The first kappa shape index (κ1) is 17.7. The van der Waals surface area contributed by atoms with Crippen LogP contribution in [0.3, 0.4) is 0 Å². The summed E-state index contributed by atoms with van der Waals surface area (Å²) in [7, 11) is 1.05. The second-order valence-electron chi connectivity index (χ2n) is 3.99. The second-order valence-corrected chi connectivity index (χ2v) is 5.26. The molecule has 6 nitrogen and oxygen atoms in total. The highest BCUT2D eigenvalue weighted by Gasteiger charge is 2.23. The summed E-state index contributed by atoms with van der Waals surface area (Å²) in [5.74, 6) is 3.69. The molecule has 0 unspecified atom stereocenters. The van der Waals surface area contributed by atoms with Gasteiger partial charge in [0.15, 0.2) is 5.12 Å². The molecule has 1 rings (SSSR count). The first-order valence-corrected chi connectivity index (χ1v) is 7.04. The normalized spacial score (nSPS) is 9.59. The van der Waals surface area contributed by atoms with E-state index in [4.69, 9.17) is 0 Å². The Hall–Kier alpha value is -2.40. The van der Waals surface area contributed by atoms with Crippen LogP contribution in [-0.2, 0) is 9.53 Å². The predicted molar refractivity (Wildman–Crippen MR) is 79.0 cm³/mol. The predicted octanol–water partition coefficient (Wildman–Crippen LogP) is 2.54. The summed E-state index contributed by atoms with van der Waals surface area (Å²) in [4.78, 5) is 32.3. The number of nitro benzene ring substituents is 1. The summed E-state index contributed by atoms with van der Waals surface area (Å²) in [5.41, 5.74) is -1.23. The van der Waals surface area contributed by atoms with Crippen LogP contribution in [-0.4, -0.2) is 28.9 Å². The van der Waals surface area contributed by atoms with E-state index in [2.05, 4.69) is 16.6 Å². The van der Waals surface area contributed by atoms with Crippen LogP contribution in [0.1, 0.15) is 29.3 Å². The van der Waals surface area contributed by atoms with Gasteiger partial charge in [0.25, 0.3) is 5.69 Å². The van der Waals surface area contributed by atoms with Crippen molar-refractivity contribution in [2.45, 2.75) is 13.3 Å². The molecule has 0 heterocycles. The lowest BCUT2D eigenvalue weighted by molar-refractivity contribution is -0.385. The van der Waals surface area contributed by atoms with Crippen LogP contribution in [0.25, 0.3) is 0 Å². The molecule has 0 aliphatic rings. The minimum Gasteiger partial charge on any atom is -0.465 e. The van der Waals surface area contributed by atoms with Crippen molar-refractivity contribution >= 4 is 28.5 Å². The van der Waals surface area contributed by atoms with Crippen molar-refractivity contribution in [2.75, 3.05) is 12.9 Å². The molecule has 0 aliphatic carbocycles. The van der Waals surface area contributed by atoms with Gasteiger partial charge in [0.1, 0.15) is 11.4 Å². The summed E-state index contributed by atoms with van der Waals surface area (Å²) >= 11 is 1.08. The third kappa shape index (κ3) is 4.86. The Balaban J connectivity index is 3.05. The van der Waals surface area contributed by atoms with Gasteiger partial charge in [-0.15, -0.1) is 0 Å². The van der Waals surface area contributed by atoms with Gasteiger partial charge in [-0.25, -0.2) is 9.18 Å². The number of carbonyl (C=O) groups excluding carboxylic acids is 2. The molecule has 1 aromatic carbocycles. The van der Waals surface area contributed by atoms with Gasteiger partial charge < -0.3 is 4.74 Å². The molecule has 0 saturated heterocycles. The fourth-order valence-electron chi connectivity index (χ4n) is 1.49. The molecule has 116 valence electrons. The molecule has 0 amide bonds. The Kier molecular flexibility index (Phi) is 6.53. The van der Waals surface area contributed by atoms with Crippen LogP contribution in [0.4, 0.5) is 10.1 Å². The molecule has 0 bridgehead atoms. The average molecular weight is 325 g/mol. The lowest BCUT2D eigenvalue weighted by atomic mass is 10.1. The van der Waals surface area contributed by atoms with Crippen LogP contribution in [0.5, 0.6) is 0 Å². The SMILES string of the molecule is COC(=O)c1cc(F)c(C#CCCSC(C)=O)cc1[N+](=O)[O-]. The lowest BCUT2D eigenvalue weighted by Crippen LogP contribution is -2.07. The van der Waals surface area contributed by atoms with E-state index in [-0.39, 0.29) is 10.7 Å². The van der Waals surface area contributed by atoms with Crippen LogP contribution < -0.4 is 0 Å². The number of halogens is 1. The van der Waals surface area contributed by atoms with E-state index in [0.717, 1.165) is 31.0 Å². The van der Waals surface area contributed by atoms with Gasteiger partial charge in [-0.2, -0.15) is 0 Å². The zero-order valence-electron chi connectivity index (χ0n) is 11.8. The molecule has 0 saturated carbocycles. The third-order valence-electron chi connectivity index (χ3n) is 2.44. The number of thioether (sulfide) groups is 1. The topological polar surface area (TPSA) is 86.5 Å². The van der Waals surface area contributed by atoms with Crippen molar-refractivity contribution in [3.8, 4) is 11.8 Å². The second kappa shape index (κ2) is 8.14. The first-order chi connectivity index (χ1) is 10.4. The number of methoxy groups -OCH3 is 1. The van der Waals surface area contributed by atoms with Crippen LogP contribution in [0.2, 0.25) is 0 Å². The zero-order valence-corrected chi connectivity index (χ0v) is 12.7. The van der Waals surface area contributed by atoms with E-state index in [9.17, 15) is 24.1 Å². The minimum atomic E-state index is -0.997. The zero-order chi connectivity index (χ0) is 16.7. The molecule has 0 spiro atoms. The lowest BCUT2D eigenvalue weighted by Gasteiger charge is -2.02. The van der Waals surface area contributed by atoms with Crippen molar-refractivity contribution in [3.63, 3.8) is 0 Å². The number of nitrogens with zero attached hydrogens (tertiary/aromatic N) is 1. The van der Waals surface area contributed by atoms with Gasteiger partial charge in [0, 0.05) is 25.2 Å². The highest BCUT2D eigenvalue weighted by Crippen LogP contribution is 2.23. The summed E-state index contributed by atoms with van der Waals surface area (Å²) in [6, 6.07) is 1.63. The van der Waals surface area contributed by atoms with Crippen molar-refractivity contribution in [2.24, 2.45) is 0 Å². The number of hydrogen-bond acceptors (Lipinski definition) is 6.